The summed E-state index contributed by atoms with van der Waals surface area (Å²) in [6.07, 6.45) is 5.39. The van der Waals surface area contributed by atoms with E-state index in [1.165, 1.54) is 0 Å². The van der Waals surface area contributed by atoms with E-state index in [0.29, 0.717) is 6.04 Å². The van der Waals surface area contributed by atoms with Gasteiger partial charge >= 0.3 is 0 Å². The first-order valence-electron chi connectivity index (χ1n) is 5.59. The Balaban J connectivity index is 2.00. The summed E-state index contributed by atoms with van der Waals surface area (Å²) < 4.78 is 0.893. The molecule has 1 saturated carbocycles. The molecule has 0 radical (unpaired) electrons. The topological polar surface area (TPSA) is 58.0 Å². The third kappa shape index (κ3) is 2.92. The Kier molecular flexibility index (Phi) is 3.76. The Morgan fingerprint density at radius 1 is 1.38 bits per heavy atom. The van der Waals surface area contributed by atoms with Crippen LogP contribution in [0.5, 0.6) is 0 Å². The normalized spacial score (nSPS) is 25.4. The number of nitrogens with one attached hydrogen (secondary N) is 1. The second kappa shape index (κ2) is 5.10. The van der Waals surface area contributed by atoms with Crippen LogP contribution >= 0.6 is 15.9 Å². The zero-order chi connectivity index (χ0) is 11.5. The number of aryl methyl sites for hydroxylation is 1. The largest absolute Gasteiger partial charge is 0.393 e. The van der Waals surface area contributed by atoms with Gasteiger partial charge in [-0.1, -0.05) is 0 Å². The monoisotopic (exact) mass is 285 g/mol. The molecular weight excluding hydrogens is 270 g/mol. The van der Waals surface area contributed by atoms with Crippen molar-refractivity contribution in [2.24, 2.45) is 0 Å². The third-order valence-electron chi connectivity index (χ3n) is 2.90. The maximum Gasteiger partial charge on any atom is 0.144 e. The number of aliphatic hydroxyl groups excluding tert-OH is 1. The zero-order valence-electron chi connectivity index (χ0n) is 9.28. The van der Waals surface area contributed by atoms with Crippen molar-refractivity contribution in [3.8, 4) is 0 Å². The molecule has 2 rings (SSSR count). The first-order valence-corrected chi connectivity index (χ1v) is 6.38. The van der Waals surface area contributed by atoms with Crippen LogP contribution in [0, 0.1) is 6.92 Å². The highest BCUT2D eigenvalue weighted by Gasteiger charge is 2.20. The molecule has 1 heterocycles. The van der Waals surface area contributed by atoms with Gasteiger partial charge in [0.15, 0.2) is 0 Å². The molecule has 1 aromatic rings. The number of hydrogen-bond donors (Lipinski definition) is 2. The highest BCUT2D eigenvalue weighted by atomic mass is 79.9. The van der Waals surface area contributed by atoms with E-state index in [0.717, 1.165) is 41.8 Å². The van der Waals surface area contributed by atoms with Gasteiger partial charge in [-0.3, -0.25) is 0 Å². The van der Waals surface area contributed by atoms with Crippen LogP contribution in [-0.2, 0) is 0 Å². The summed E-state index contributed by atoms with van der Waals surface area (Å²) in [4.78, 5) is 8.46. The number of rotatable bonds is 2. The van der Waals surface area contributed by atoms with Gasteiger partial charge in [-0.25, -0.2) is 9.97 Å². The summed E-state index contributed by atoms with van der Waals surface area (Å²) in [6.45, 7) is 1.88. The van der Waals surface area contributed by atoms with E-state index >= 15 is 0 Å². The van der Waals surface area contributed by atoms with E-state index in [1.54, 1.807) is 6.20 Å². The number of anilines is 1. The number of aliphatic hydroxyl groups is 1. The molecule has 0 unspecified atom stereocenters. The van der Waals surface area contributed by atoms with Crippen molar-refractivity contribution in [3.05, 3.63) is 16.5 Å². The van der Waals surface area contributed by atoms with Gasteiger partial charge in [-0.2, -0.15) is 0 Å². The summed E-state index contributed by atoms with van der Waals surface area (Å²) in [6, 6.07) is 0.411. The molecule has 0 amide bonds. The molecule has 0 aromatic carbocycles. The Morgan fingerprint density at radius 3 is 2.75 bits per heavy atom. The minimum absolute atomic E-state index is 0.117. The van der Waals surface area contributed by atoms with Crippen LogP contribution < -0.4 is 5.32 Å². The molecule has 0 bridgehead atoms. The lowest BCUT2D eigenvalue weighted by molar-refractivity contribution is 0.126. The van der Waals surface area contributed by atoms with Crippen LogP contribution in [0.4, 0.5) is 5.82 Å². The van der Waals surface area contributed by atoms with E-state index in [9.17, 15) is 5.11 Å². The summed E-state index contributed by atoms with van der Waals surface area (Å²) in [7, 11) is 0. The van der Waals surface area contributed by atoms with Gasteiger partial charge in [0.05, 0.1) is 10.6 Å². The summed E-state index contributed by atoms with van der Waals surface area (Å²) in [5, 5.41) is 12.8. The fourth-order valence-electron chi connectivity index (χ4n) is 1.97. The van der Waals surface area contributed by atoms with E-state index < -0.39 is 0 Å². The van der Waals surface area contributed by atoms with Crippen LogP contribution in [0.25, 0.3) is 0 Å². The van der Waals surface area contributed by atoms with Crippen LogP contribution in [-0.4, -0.2) is 27.2 Å². The van der Waals surface area contributed by atoms with E-state index in [2.05, 4.69) is 31.2 Å². The zero-order valence-corrected chi connectivity index (χ0v) is 10.9. The molecule has 16 heavy (non-hydrogen) atoms. The van der Waals surface area contributed by atoms with E-state index in [1.807, 2.05) is 6.92 Å². The molecule has 4 nitrogen and oxygen atoms in total. The van der Waals surface area contributed by atoms with Gasteiger partial charge in [0, 0.05) is 12.2 Å². The first-order chi connectivity index (χ1) is 7.65. The fraction of sp³-hybridized carbons (Fsp3) is 0.636. The molecule has 1 aromatic heterocycles. The van der Waals surface area contributed by atoms with Crippen LogP contribution in [0.15, 0.2) is 10.7 Å². The Labute approximate surface area is 104 Å². The lowest BCUT2D eigenvalue weighted by atomic mass is 9.93. The van der Waals surface area contributed by atoms with Crippen molar-refractivity contribution in [3.63, 3.8) is 0 Å². The highest BCUT2D eigenvalue weighted by Crippen LogP contribution is 2.25. The second-order valence-corrected chi connectivity index (χ2v) is 5.12. The summed E-state index contributed by atoms with van der Waals surface area (Å²) >= 11 is 3.43. The standard InChI is InChI=1S/C11H16BrN3O/c1-7-13-6-10(12)11(14-7)15-8-2-4-9(16)5-3-8/h6,8-9,16H,2-5H2,1H3,(H,13,14,15). The molecule has 0 spiro atoms. The van der Waals surface area contributed by atoms with Crippen molar-refractivity contribution in [2.45, 2.75) is 44.8 Å². The van der Waals surface area contributed by atoms with Gasteiger partial charge in [0.2, 0.25) is 0 Å². The molecule has 0 atom stereocenters. The predicted octanol–water partition coefficient (Wildman–Crippen LogP) is 2.26. The van der Waals surface area contributed by atoms with Crippen molar-refractivity contribution in [1.82, 2.24) is 9.97 Å². The van der Waals surface area contributed by atoms with Crippen LogP contribution in [0.3, 0.4) is 0 Å². The fourth-order valence-corrected chi connectivity index (χ4v) is 2.28. The lowest BCUT2D eigenvalue weighted by Gasteiger charge is -2.26. The van der Waals surface area contributed by atoms with Crippen molar-refractivity contribution >= 4 is 21.7 Å². The molecule has 88 valence electrons. The van der Waals surface area contributed by atoms with Gasteiger partial charge in [-0.05, 0) is 48.5 Å². The Bertz CT molecular complexity index is 364. The molecular formula is C11H16BrN3O. The summed E-state index contributed by atoms with van der Waals surface area (Å²) in [5.74, 6) is 1.62. The molecule has 1 aliphatic carbocycles. The smallest absolute Gasteiger partial charge is 0.144 e. The second-order valence-electron chi connectivity index (χ2n) is 4.26. The number of nitrogens with zero attached hydrogens (tertiary/aromatic N) is 2. The maximum absolute atomic E-state index is 9.43. The van der Waals surface area contributed by atoms with E-state index in [4.69, 9.17) is 0 Å². The average molecular weight is 286 g/mol. The molecule has 2 N–H and O–H groups in total. The van der Waals surface area contributed by atoms with Gasteiger partial charge in [0.1, 0.15) is 11.6 Å². The first kappa shape index (κ1) is 11.8. The number of hydrogen-bond acceptors (Lipinski definition) is 4. The van der Waals surface area contributed by atoms with Gasteiger partial charge in [0.25, 0.3) is 0 Å². The molecule has 1 fully saturated rings. The van der Waals surface area contributed by atoms with E-state index in [-0.39, 0.29) is 6.10 Å². The molecule has 0 aliphatic heterocycles. The lowest BCUT2D eigenvalue weighted by Crippen LogP contribution is -2.28. The molecule has 5 heteroatoms. The number of halogens is 1. The Morgan fingerprint density at radius 2 is 2.06 bits per heavy atom. The quantitative estimate of drug-likeness (QED) is 0.875. The average Bonchev–Trinajstić information content (AvgIpc) is 2.27. The van der Waals surface area contributed by atoms with Crippen molar-refractivity contribution in [1.29, 1.82) is 0 Å². The number of aromatic nitrogens is 2. The predicted molar refractivity (Wildman–Crippen MR) is 66.4 cm³/mol. The van der Waals surface area contributed by atoms with Crippen molar-refractivity contribution < 1.29 is 5.11 Å². The van der Waals surface area contributed by atoms with Gasteiger partial charge in [-0.15, -0.1) is 0 Å². The third-order valence-corrected chi connectivity index (χ3v) is 3.48. The van der Waals surface area contributed by atoms with Gasteiger partial charge < -0.3 is 10.4 Å². The van der Waals surface area contributed by atoms with Crippen molar-refractivity contribution in [2.75, 3.05) is 5.32 Å². The minimum atomic E-state index is -0.117. The minimum Gasteiger partial charge on any atom is -0.393 e. The SMILES string of the molecule is Cc1ncc(Br)c(NC2CCC(O)CC2)n1. The van der Waals surface area contributed by atoms with Crippen LogP contribution in [0.1, 0.15) is 31.5 Å². The Hall–Kier alpha value is -0.680. The maximum atomic E-state index is 9.43. The highest BCUT2D eigenvalue weighted by molar-refractivity contribution is 9.10. The summed E-state index contributed by atoms with van der Waals surface area (Å²) in [5.41, 5.74) is 0. The van der Waals surface area contributed by atoms with Crippen LogP contribution in [0.2, 0.25) is 0 Å². The molecule has 0 saturated heterocycles. The molecule has 1 aliphatic rings.